The maximum atomic E-state index is 9.84. The molecule has 0 saturated carbocycles. The number of para-hydroxylation sites is 2. The molecule has 1 atom stereocenters. The average molecular weight is 284 g/mol. The van der Waals surface area contributed by atoms with Gasteiger partial charge in [0.05, 0.1) is 10.2 Å². The number of aromatic hydroxyl groups is 1. The van der Waals surface area contributed by atoms with Crippen LogP contribution in [0.5, 0.6) is 5.75 Å². The Bertz CT molecular complexity index is 690. The molecule has 0 spiro atoms. The lowest BCUT2D eigenvalue weighted by Gasteiger charge is -2.14. The zero-order chi connectivity index (χ0) is 13.9. The lowest BCUT2D eigenvalue weighted by Crippen LogP contribution is -2.18. The molecule has 3 nitrogen and oxygen atoms in total. The molecule has 2 N–H and O–H groups in total. The number of nitrogens with one attached hydrogen (secondary N) is 1. The van der Waals surface area contributed by atoms with E-state index in [0.29, 0.717) is 12.3 Å². The van der Waals surface area contributed by atoms with Crippen LogP contribution in [0.1, 0.15) is 23.5 Å². The van der Waals surface area contributed by atoms with Gasteiger partial charge in [0, 0.05) is 18.2 Å². The summed E-state index contributed by atoms with van der Waals surface area (Å²) in [6.45, 7) is 2.75. The Morgan fingerprint density at radius 3 is 2.70 bits per heavy atom. The second-order valence-electron chi connectivity index (χ2n) is 4.74. The number of phenolic OH excluding ortho intramolecular Hbond substituents is 1. The highest BCUT2D eigenvalue weighted by atomic mass is 32.1. The molecule has 3 aromatic rings. The summed E-state index contributed by atoms with van der Waals surface area (Å²) in [4.78, 5) is 4.59. The number of aromatic nitrogens is 1. The molecule has 4 heteroatoms. The first-order chi connectivity index (χ1) is 9.74. The molecule has 2 aromatic carbocycles. The van der Waals surface area contributed by atoms with Gasteiger partial charge in [-0.1, -0.05) is 30.3 Å². The zero-order valence-electron chi connectivity index (χ0n) is 11.2. The summed E-state index contributed by atoms with van der Waals surface area (Å²) in [5.74, 6) is 0.330. The number of hydrogen-bond acceptors (Lipinski definition) is 4. The molecule has 0 aliphatic heterocycles. The monoisotopic (exact) mass is 284 g/mol. The van der Waals surface area contributed by atoms with Crippen molar-refractivity contribution in [2.45, 2.75) is 19.5 Å². The number of benzene rings is 2. The molecule has 0 fully saturated rings. The topological polar surface area (TPSA) is 45.2 Å². The fourth-order valence-corrected chi connectivity index (χ4v) is 3.12. The van der Waals surface area contributed by atoms with Crippen molar-refractivity contribution in [2.24, 2.45) is 0 Å². The molecule has 1 unspecified atom stereocenters. The van der Waals surface area contributed by atoms with E-state index in [1.165, 1.54) is 4.70 Å². The maximum absolute atomic E-state index is 9.84. The van der Waals surface area contributed by atoms with Crippen molar-refractivity contribution >= 4 is 21.6 Å². The van der Waals surface area contributed by atoms with Crippen molar-refractivity contribution in [3.8, 4) is 5.75 Å². The average Bonchev–Trinajstić information content (AvgIpc) is 2.88. The number of hydrogen-bond donors (Lipinski definition) is 2. The van der Waals surface area contributed by atoms with Crippen molar-refractivity contribution < 1.29 is 5.11 Å². The number of nitrogens with zero attached hydrogens (tertiary/aromatic N) is 1. The van der Waals surface area contributed by atoms with Crippen molar-refractivity contribution in [3.63, 3.8) is 0 Å². The Morgan fingerprint density at radius 2 is 1.90 bits per heavy atom. The summed E-state index contributed by atoms with van der Waals surface area (Å²) in [7, 11) is 0. The minimum Gasteiger partial charge on any atom is -0.508 e. The first kappa shape index (κ1) is 13.1. The van der Waals surface area contributed by atoms with Crippen LogP contribution in [0.2, 0.25) is 0 Å². The SMILES string of the molecule is CC(NCc1nc2ccccc2s1)c1ccccc1O. The van der Waals surface area contributed by atoms with Crippen molar-refractivity contribution in [2.75, 3.05) is 0 Å². The Balaban J connectivity index is 1.71. The van der Waals surface area contributed by atoms with Crippen LogP contribution in [0.25, 0.3) is 10.2 Å². The van der Waals surface area contributed by atoms with Crippen LogP contribution in [0.15, 0.2) is 48.5 Å². The minimum atomic E-state index is 0.0863. The summed E-state index contributed by atoms with van der Waals surface area (Å²) in [6.07, 6.45) is 0. The van der Waals surface area contributed by atoms with Crippen LogP contribution < -0.4 is 5.32 Å². The van der Waals surface area contributed by atoms with E-state index in [4.69, 9.17) is 0 Å². The van der Waals surface area contributed by atoms with Crippen LogP contribution >= 0.6 is 11.3 Å². The van der Waals surface area contributed by atoms with Gasteiger partial charge in [-0.05, 0) is 25.1 Å². The second kappa shape index (κ2) is 5.61. The number of thiazole rings is 1. The Labute approximate surface area is 121 Å². The zero-order valence-corrected chi connectivity index (χ0v) is 12.0. The van der Waals surface area contributed by atoms with Gasteiger partial charge in [-0.25, -0.2) is 4.98 Å². The van der Waals surface area contributed by atoms with Crippen molar-refractivity contribution in [1.82, 2.24) is 10.3 Å². The van der Waals surface area contributed by atoms with E-state index in [0.717, 1.165) is 16.1 Å². The third-order valence-electron chi connectivity index (χ3n) is 3.30. The first-order valence-corrected chi connectivity index (χ1v) is 7.41. The lowest BCUT2D eigenvalue weighted by atomic mass is 10.1. The van der Waals surface area contributed by atoms with E-state index in [9.17, 15) is 5.11 Å². The minimum absolute atomic E-state index is 0.0863. The fourth-order valence-electron chi connectivity index (χ4n) is 2.20. The van der Waals surface area contributed by atoms with Gasteiger partial charge in [-0.15, -0.1) is 11.3 Å². The van der Waals surface area contributed by atoms with E-state index >= 15 is 0 Å². The molecule has 0 aliphatic rings. The molecule has 0 bridgehead atoms. The molecule has 1 heterocycles. The molecule has 1 aromatic heterocycles. The number of fused-ring (bicyclic) bond motifs is 1. The Hall–Kier alpha value is -1.91. The van der Waals surface area contributed by atoms with Gasteiger partial charge in [-0.3, -0.25) is 0 Å². The summed E-state index contributed by atoms with van der Waals surface area (Å²) in [5.41, 5.74) is 1.96. The van der Waals surface area contributed by atoms with Gasteiger partial charge in [0.2, 0.25) is 0 Å². The summed E-state index contributed by atoms with van der Waals surface area (Å²) in [6, 6.07) is 15.7. The van der Waals surface area contributed by atoms with Crippen LogP contribution in [-0.4, -0.2) is 10.1 Å². The molecule has 0 saturated heterocycles. The molecule has 0 aliphatic carbocycles. The summed E-state index contributed by atoms with van der Waals surface area (Å²) < 4.78 is 1.21. The molecular weight excluding hydrogens is 268 g/mol. The normalized spacial score (nSPS) is 12.7. The number of rotatable bonds is 4. The van der Waals surface area contributed by atoms with Crippen molar-refractivity contribution in [3.05, 3.63) is 59.1 Å². The molecule has 102 valence electrons. The standard InChI is InChI=1S/C16H16N2OS/c1-11(12-6-2-4-8-14(12)19)17-10-16-18-13-7-3-5-9-15(13)20-16/h2-9,11,17,19H,10H2,1H3. The Morgan fingerprint density at radius 1 is 1.15 bits per heavy atom. The predicted octanol–water partition coefficient (Wildman–Crippen LogP) is 3.85. The van der Waals surface area contributed by atoms with Gasteiger partial charge in [-0.2, -0.15) is 0 Å². The van der Waals surface area contributed by atoms with E-state index < -0.39 is 0 Å². The van der Waals surface area contributed by atoms with E-state index in [2.05, 4.69) is 16.4 Å². The van der Waals surface area contributed by atoms with Crippen LogP contribution in [0, 0.1) is 0 Å². The largest absolute Gasteiger partial charge is 0.508 e. The predicted molar refractivity (Wildman–Crippen MR) is 83.0 cm³/mol. The third-order valence-corrected chi connectivity index (χ3v) is 4.34. The smallest absolute Gasteiger partial charge is 0.120 e. The van der Waals surface area contributed by atoms with Gasteiger partial charge in [0.15, 0.2) is 0 Å². The molecule has 20 heavy (non-hydrogen) atoms. The fraction of sp³-hybridized carbons (Fsp3) is 0.188. The van der Waals surface area contributed by atoms with Crippen LogP contribution in [-0.2, 0) is 6.54 Å². The lowest BCUT2D eigenvalue weighted by molar-refractivity contribution is 0.452. The third kappa shape index (κ3) is 2.66. The van der Waals surface area contributed by atoms with E-state index in [-0.39, 0.29) is 6.04 Å². The van der Waals surface area contributed by atoms with Gasteiger partial charge >= 0.3 is 0 Å². The highest BCUT2D eigenvalue weighted by Crippen LogP contribution is 2.25. The molecule has 0 radical (unpaired) electrons. The quantitative estimate of drug-likeness (QED) is 0.765. The number of phenols is 1. The van der Waals surface area contributed by atoms with E-state index in [1.54, 1.807) is 17.4 Å². The van der Waals surface area contributed by atoms with E-state index in [1.807, 2.05) is 43.3 Å². The highest BCUT2D eigenvalue weighted by molar-refractivity contribution is 7.18. The highest BCUT2D eigenvalue weighted by Gasteiger charge is 2.10. The summed E-state index contributed by atoms with van der Waals surface area (Å²) >= 11 is 1.70. The first-order valence-electron chi connectivity index (χ1n) is 6.60. The van der Waals surface area contributed by atoms with Crippen molar-refractivity contribution in [1.29, 1.82) is 0 Å². The summed E-state index contributed by atoms with van der Waals surface area (Å²) in [5, 5.41) is 14.3. The van der Waals surface area contributed by atoms with Gasteiger partial charge in [0.25, 0.3) is 0 Å². The van der Waals surface area contributed by atoms with Crippen LogP contribution in [0.4, 0.5) is 0 Å². The second-order valence-corrected chi connectivity index (χ2v) is 5.85. The molecule has 0 amide bonds. The van der Waals surface area contributed by atoms with Crippen LogP contribution in [0.3, 0.4) is 0 Å². The molecule has 3 rings (SSSR count). The molecular formula is C16H16N2OS. The van der Waals surface area contributed by atoms with Gasteiger partial charge in [0.1, 0.15) is 10.8 Å². The maximum Gasteiger partial charge on any atom is 0.120 e. The Kier molecular flexibility index (Phi) is 3.67. The van der Waals surface area contributed by atoms with Gasteiger partial charge < -0.3 is 10.4 Å².